The van der Waals surface area contributed by atoms with Gasteiger partial charge < -0.3 is 9.64 Å². The molecule has 25 heavy (non-hydrogen) atoms. The SMILES string of the molecule is CC[C@H]1[C@H]2[C@@H](O[C@]3(C)C[C@H]4[C@@H](C[C@H]13)C4(C)C)C(=O)N2c1ccccc1. The van der Waals surface area contributed by atoms with Gasteiger partial charge in [0.25, 0.3) is 5.91 Å². The third kappa shape index (κ3) is 1.94. The number of carbonyl (C=O) groups is 1. The van der Waals surface area contributed by atoms with E-state index in [4.69, 9.17) is 4.74 Å². The molecule has 4 fully saturated rings. The maximum Gasteiger partial charge on any atom is 0.258 e. The number of benzene rings is 1. The predicted molar refractivity (Wildman–Crippen MR) is 98.3 cm³/mol. The number of anilines is 1. The minimum Gasteiger partial charge on any atom is -0.360 e. The fourth-order valence-electron chi connectivity index (χ4n) is 6.57. The molecular formula is C22H29NO2. The maximum atomic E-state index is 12.9. The number of hydrogen-bond acceptors (Lipinski definition) is 2. The molecule has 0 radical (unpaired) electrons. The fourth-order valence-corrected chi connectivity index (χ4v) is 6.57. The van der Waals surface area contributed by atoms with Gasteiger partial charge in [0.1, 0.15) is 0 Å². The van der Waals surface area contributed by atoms with Gasteiger partial charge in [0.15, 0.2) is 6.10 Å². The van der Waals surface area contributed by atoms with E-state index < -0.39 is 0 Å². The van der Waals surface area contributed by atoms with Gasteiger partial charge in [-0.25, -0.2) is 0 Å². The zero-order valence-corrected chi connectivity index (χ0v) is 15.7. The van der Waals surface area contributed by atoms with Crippen LogP contribution in [-0.4, -0.2) is 23.7 Å². The zero-order chi connectivity index (χ0) is 17.6. The van der Waals surface area contributed by atoms with Crippen molar-refractivity contribution in [1.82, 2.24) is 0 Å². The van der Waals surface area contributed by atoms with Gasteiger partial charge in [-0.15, -0.1) is 0 Å². The van der Waals surface area contributed by atoms with E-state index in [2.05, 4.69) is 39.8 Å². The van der Waals surface area contributed by atoms with Gasteiger partial charge in [-0.05, 0) is 61.0 Å². The highest BCUT2D eigenvalue weighted by Crippen LogP contribution is 2.70. The molecule has 1 amide bonds. The summed E-state index contributed by atoms with van der Waals surface area (Å²) < 4.78 is 6.57. The van der Waals surface area contributed by atoms with Crippen LogP contribution in [0.2, 0.25) is 0 Å². The Kier molecular flexibility index (Phi) is 3.10. The Balaban J connectivity index is 1.49. The van der Waals surface area contributed by atoms with Crippen molar-refractivity contribution >= 4 is 11.6 Å². The Morgan fingerprint density at radius 2 is 1.84 bits per heavy atom. The van der Waals surface area contributed by atoms with E-state index >= 15 is 0 Å². The Labute approximate surface area is 150 Å². The Bertz CT molecular complexity index is 714. The van der Waals surface area contributed by atoms with Crippen LogP contribution in [0.25, 0.3) is 0 Å². The summed E-state index contributed by atoms with van der Waals surface area (Å²) in [6.45, 7) is 9.42. The van der Waals surface area contributed by atoms with Crippen LogP contribution in [0.5, 0.6) is 0 Å². The van der Waals surface area contributed by atoms with Gasteiger partial charge in [0.05, 0.1) is 11.6 Å². The number of para-hydroxylation sites is 1. The zero-order valence-electron chi connectivity index (χ0n) is 15.7. The number of ether oxygens (including phenoxy) is 1. The molecular weight excluding hydrogens is 310 g/mol. The lowest BCUT2D eigenvalue weighted by Gasteiger charge is -2.61. The molecule has 2 heterocycles. The number of rotatable bonds is 2. The summed E-state index contributed by atoms with van der Waals surface area (Å²) in [6.07, 6.45) is 3.30. The summed E-state index contributed by atoms with van der Waals surface area (Å²) in [6, 6.07) is 10.4. The van der Waals surface area contributed by atoms with E-state index in [9.17, 15) is 4.79 Å². The molecule has 0 unspecified atom stereocenters. The number of amides is 1. The Morgan fingerprint density at radius 3 is 2.52 bits per heavy atom. The van der Waals surface area contributed by atoms with Gasteiger partial charge in [-0.2, -0.15) is 0 Å². The first-order chi connectivity index (χ1) is 11.9. The van der Waals surface area contributed by atoms with E-state index in [1.807, 2.05) is 23.1 Å². The van der Waals surface area contributed by atoms with E-state index in [1.165, 1.54) is 6.42 Å². The van der Waals surface area contributed by atoms with Gasteiger partial charge in [0, 0.05) is 5.69 Å². The smallest absolute Gasteiger partial charge is 0.258 e. The average molecular weight is 339 g/mol. The van der Waals surface area contributed by atoms with Crippen LogP contribution in [0.4, 0.5) is 5.69 Å². The van der Waals surface area contributed by atoms with Crippen molar-refractivity contribution in [2.45, 2.75) is 64.7 Å². The number of nitrogens with zero attached hydrogens (tertiary/aromatic N) is 1. The van der Waals surface area contributed by atoms with Crippen molar-refractivity contribution in [3.63, 3.8) is 0 Å². The van der Waals surface area contributed by atoms with Crippen LogP contribution in [-0.2, 0) is 9.53 Å². The van der Waals surface area contributed by atoms with Gasteiger partial charge in [0.2, 0.25) is 0 Å². The lowest BCUT2D eigenvalue weighted by molar-refractivity contribution is -0.219. The normalized spacial score (nSPS) is 46.6. The molecule has 0 bridgehead atoms. The molecule has 134 valence electrons. The molecule has 1 aromatic carbocycles. The molecule has 0 aromatic heterocycles. The molecule has 1 aromatic rings. The van der Waals surface area contributed by atoms with Crippen molar-refractivity contribution in [2.75, 3.05) is 4.90 Å². The first-order valence-electron chi connectivity index (χ1n) is 9.94. The second-order valence-corrected chi connectivity index (χ2v) is 9.54. The van der Waals surface area contributed by atoms with E-state index in [1.54, 1.807) is 0 Å². The third-order valence-corrected chi connectivity index (χ3v) is 8.15. The highest BCUT2D eigenvalue weighted by Gasteiger charge is 2.70. The minimum atomic E-state index is -0.232. The highest BCUT2D eigenvalue weighted by atomic mass is 16.5. The molecule has 0 spiro atoms. The molecule has 2 aliphatic carbocycles. The van der Waals surface area contributed by atoms with Crippen LogP contribution < -0.4 is 4.90 Å². The number of β-lactam (4-membered cyclic amide) rings is 1. The van der Waals surface area contributed by atoms with E-state index in [0.717, 1.165) is 30.4 Å². The summed E-state index contributed by atoms with van der Waals surface area (Å²) >= 11 is 0. The van der Waals surface area contributed by atoms with Crippen LogP contribution >= 0.6 is 0 Å². The second kappa shape index (κ2) is 4.88. The molecule has 5 rings (SSSR count). The predicted octanol–water partition coefficient (Wildman–Crippen LogP) is 4.27. The van der Waals surface area contributed by atoms with Crippen molar-refractivity contribution in [3.05, 3.63) is 30.3 Å². The molecule has 0 N–H and O–H groups in total. The first-order valence-corrected chi connectivity index (χ1v) is 9.94. The largest absolute Gasteiger partial charge is 0.360 e. The monoisotopic (exact) mass is 339 g/mol. The van der Waals surface area contributed by atoms with Crippen molar-refractivity contribution in [3.8, 4) is 0 Å². The summed E-state index contributed by atoms with van der Waals surface area (Å²) in [5, 5.41) is 0. The van der Waals surface area contributed by atoms with Crippen LogP contribution in [0.3, 0.4) is 0 Å². The topological polar surface area (TPSA) is 29.5 Å². The minimum absolute atomic E-state index is 0.116. The molecule has 2 saturated carbocycles. The number of fused-ring (bicyclic) bond motifs is 3. The lowest BCUT2D eigenvalue weighted by atomic mass is 9.62. The number of hydrogen-bond donors (Lipinski definition) is 0. The van der Waals surface area contributed by atoms with Gasteiger partial charge in [-0.3, -0.25) is 4.79 Å². The standard InChI is InChI=1S/C22H29NO2/c1-5-14-15-11-16-17(21(16,2)3)12-22(15,4)25-19-18(14)23(20(19)24)13-9-7-6-8-10-13/h6-10,14-19H,5,11-12H2,1-4H3/t14-,15-,16-,17+,18+,19-,22-/m1/s1. The van der Waals surface area contributed by atoms with Crippen LogP contribution in [0, 0.1) is 29.1 Å². The highest BCUT2D eigenvalue weighted by molar-refractivity contribution is 6.05. The average Bonchev–Trinajstić information content (AvgIpc) is 3.12. The summed E-state index contributed by atoms with van der Waals surface area (Å²) in [5.41, 5.74) is 1.37. The fraction of sp³-hybridized carbons (Fsp3) is 0.682. The van der Waals surface area contributed by atoms with E-state index in [0.29, 0.717) is 17.3 Å². The summed E-state index contributed by atoms with van der Waals surface area (Å²) in [7, 11) is 0. The van der Waals surface area contributed by atoms with Crippen molar-refractivity contribution < 1.29 is 9.53 Å². The second-order valence-electron chi connectivity index (χ2n) is 9.54. The molecule has 2 saturated heterocycles. The van der Waals surface area contributed by atoms with Crippen molar-refractivity contribution in [2.24, 2.45) is 29.1 Å². The summed E-state index contributed by atoms with van der Waals surface area (Å²) in [5.74, 6) is 2.90. The lowest BCUT2D eigenvalue weighted by Crippen LogP contribution is -2.75. The molecule has 2 aliphatic heterocycles. The first kappa shape index (κ1) is 15.9. The Morgan fingerprint density at radius 1 is 1.12 bits per heavy atom. The maximum absolute atomic E-state index is 12.9. The number of carbonyl (C=O) groups excluding carboxylic acids is 1. The quantitative estimate of drug-likeness (QED) is 0.753. The van der Waals surface area contributed by atoms with Crippen molar-refractivity contribution in [1.29, 1.82) is 0 Å². The van der Waals surface area contributed by atoms with E-state index in [-0.39, 0.29) is 23.7 Å². The van der Waals surface area contributed by atoms with Crippen LogP contribution in [0.15, 0.2) is 30.3 Å². The molecule has 4 aliphatic rings. The van der Waals surface area contributed by atoms with Gasteiger partial charge >= 0.3 is 0 Å². The molecule has 3 heteroatoms. The molecule has 3 nitrogen and oxygen atoms in total. The van der Waals surface area contributed by atoms with Crippen LogP contribution in [0.1, 0.15) is 47.0 Å². The van der Waals surface area contributed by atoms with Gasteiger partial charge in [-0.1, -0.05) is 45.4 Å². The third-order valence-electron chi connectivity index (χ3n) is 8.15. The molecule has 7 atom stereocenters. The summed E-state index contributed by atoms with van der Waals surface area (Å²) in [4.78, 5) is 14.9. The Hall–Kier alpha value is -1.35.